The highest BCUT2D eigenvalue weighted by Crippen LogP contribution is 2.47. The smallest absolute Gasteiger partial charge is 0.163 e. The number of hydrogen-bond acceptors (Lipinski definition) is 1. The molecule has 0 atom stereocenters. The minimum atomic E-state index is -0.529. The Morgan fingerprint density at radius 2 is 1.64 bits per heavy atom. The molecule has 11 heavy (non-hydrogen) atoms. The summed E-state index contributed by atoms with van der Waals surface area (Å²) in [5, 5.41) is 9.36. The van der Waals surface area contributed by atoms with Crippen LogP contribution in [0.4, 0.5) is 0 Å². The Kier molecular flexibility index (Phi) is 3.00. The lowest BCUT2D eigenvalue weighted by Crippen LogP contribution is -1.96. The van der Waals surface area contributed by atoms with Gasteiger partial charge in [-0.25, -0.2) is 0 Å². The molecule has 1 aromatic rings. The number of rotatable bonds is 0. The molecule has 60 valence electrons. The van der Waals surface area contributed by atoms with Crippen molar-refractivity contribution >= 4 is 47.8 Å². The third-order valence-electron chi connectivity index (χ3n) is 1.21. The first-order chi connectivity index (χ1) is 5.02. The minimum Gasteiger partial charge on any atom is -0.508 e. The molecule has 0 bridgehead atoms. The van der Waals surface area contributed by atoms with Gasteiger partial charge in [-0.3, -0.25) is 0 Å². The molecule has 0 aromatic heterocycles. The molecule has 0 heterocycles. The lowest BCUT2D eigenvalue weighted by molar-refractivity contribution is 0.470. The number of alkyl halides is 3. The Bertz CT molecular complexity index is 254. The normalized spacial score (nSPS) is 11.5. The molecule has 0 aliphatic heterocycles. The van der Waals surface area contributed by atoms with Gasteiger partial charge in [0.1, 0.15) is 5.75 Å². The van der Waals surface area contributed by atoms with Crippen LogP contribution in [0, 0.1) is 0 Å². The molecule has 0 saturated heterocycles. The van der Waals surface area contributed by atoms with Crippen molar-refractivity contribution in [2.75, 3.05) is 0 Å². The van der Waals surface area contributed by atoms with E-state index in [0.29, 0.717) is 0 Å². The highest BCUT2D eigenvalue weighted by atomic mass is 80.0. The zero-order valence-corrected chi connectivity index (χ0v) is 10.1. The molecule has 1 rings (SSSR count). The van der Waals surface area contributed by atoms with Gasteiger partial charge in [0.25, 0.3) is 0 Å². The molecule has 1 N–H and O–H groups in total. The summed E-state index contributed by atoms with van der Waals surface area (Å²) in [5.74, 6) is 0.248. The summed E-state index contributed by atoms with van der Waals surface area (Å²) in [7, 11) is 0. The van der Waals surface area contributed by atoms with Gasteiger partial charge in [-0.1, -0.05) is 66.0 Å². The fraction of sp³-hybridized carbons (Fsp3) is 0.143. The molecule has 0 unspecified atom stereocenters. The fourth-order valence-electron chi connectivity index (χ4n) is 0.713. The van der Waals surface area contributed by atoms with Crippen molar-refractivity contribution in [3.05, 3.63) is 29.8 Å². The molecular weight excluding hydrogens is 340 g/mol. The van der Waals surface area contributed by atoms with Gasteiger partial charge in [-0.15, -0.1) is 0 Å². The summed E-state index contributed by atoms with van der Waals surface area (Å²) in [6.07, 6.45) is 0. The summed E-state index contributed by atoms with van der Waals surface area (Å²) in [6, 6.07) is 7.08. The van der Waals surface area contributed by atoms with Gasteiger partial charge in [0.05, 0.1) is 0 Å². The van der Waals surface area contributed by atoms with Crippen LogP contribution in [0.15, 0.2) is 24.3 Å². The molecule has 0 radical (unpaired) electrons. The maximum Gasteiger partial charge on any atom is 0.163 e. The molecular formula is C7H5Br3O. The van der Waals surface area contributed by atoms with Crippen LogP contribution in [-0.2, 0) is 2.14 Å². The molecule has 1 aromatic carbocycles. The average molecular weight is 345 g/mol. The zero-order valence-electron chi connectivity index (χ0n) is 5.39. The van der Waals surface area contributed by atoms with Crippen molar-refractivity contribution in [1.29, 1.82) is 0 Å². The minimum absolute atomic E-state index is 0.248. The number of aromatic hydroxyl groups is 1. The van der Waals surface area contributed by atoms with Crippen molar-refractivity contribution in [2.45, 2.75) is 2.14 Å². The number of phenols is 1. The number of phenolic OH excluding ortho intramolecular Hbond substituents is 1. The van der Waals surface area contributed by atoms with Gasteiger partial charge < -0.3 is 5.11 Å². The second-order valence-corrected chi connectivity index (χ2v) is 8.78. The first-order valence-electron chi connectivity index (χ1n) is 2.87. The summed E-state index contributed by atoms with van der Waals surface area (Å²) < 4.78 is -0.529. The summed E-state index contributed by atoms with van der Waals surface area (Å²) in [6.45, 7) is 0. The largest absolute Gasteiger partial charge is 0.508 e. The Morgan fingerprint density at radius 1 is 1.09 bits per heavy atom. The molecule has 4 heteroatoms. The van der Waals surface area contributed by atoms with Crippen LogP contribution < -0.4 is 0 Å². The van der Waals surface area contributed by atoms with Crippen LogP contribution in [0.3, 0.4) is 0 Å². The van der Waals surface area contributed by atoms with Crippen LogP contribution >= 0.6 is 47.8 Å². The predicted molar refractivity (Wildman–Crippen MR) is 56.6 cm³/mol. The van der Waals surface area contributed by atoms with Gasteiger partial charge in [-0.2, -0.15) is 0 Å². The third kappa shape index (κ3) is 2.46. The standard InChI is InChI=1S/C7H5Br3O/c8-7(9,10)5-3-1-2-4-6(5)11/h1-4,11H. The summed E-state index contributed by atoms with van der Waals surface area (Å²) >= 11 is 9.93. The maximum atomic E-state index is 9.36. The number of para-hydroxylation sites is 1. The number of hydrogen-bond donors (Lipinski definition) is 1. The summed E-state index contributed by atoms with van der Waals surface area (Å²) in [5.41, 5.74) is 0.750. The van der Waals surface area contributed by atoms with E-state index in [9.17, 15) is 5.11 Å². The quantitative estimate of drug-likeness (QED) is 0.712. The first kappa shape index (κ1) is 9.55. The maximum absolute atomic E-state index is 9.36. The van der Waals surface area contributed by atoms with E-state index in [-0.39, 0.29) is 5.75 Å². The number of benzene rings is 1. The van der Waals surface area contributed by atoms with E-state index in [1.165, 1.54) is 0 Å². The van der Waals surface area contributed by atoms with Crippen LogP contribution in [-0.4, -0.2) is 5.11 Å². The van der Waals surface area contributed by atoms with Crippen molar-refractivity contribution < 1.29 is 5.11 Å². The van der Waals surface area contributed by atoms with Crippen molar-refractivity contribution in [3.8, 4) is 5.75 Å². The van der Waals surface area contributed by atoms with Gasteiger partial charge in [0.2, 0.25) is 0 Å². The van der Waals surface area contributed by atoms with E-state index >= 15 is 0 Å². The van der Waals surface area contributed by atoms with Crippen molar-refractivity contribution in [2.24, 2.45) is 0 Å². The van der Waals surface area contributed by atoms with E-state index in [2.05, 4.69) is 47.8 Å². The molecule has 0 aliphatic rings. The molecule has 1 nitrogen and oxygen atoms in total. The van der Waals surface area contributed by atoms with E-state index in [0.717, 1.165) is 5.56 Å². The van der Waals surface area contributed by atoms with Gasteiger partial charge >= 0.3 is 0 Å². The van der Waals surface area contributed by atoms with Crippen LogP contribution in [0.1, 0.15) is 5.56 Å². The van der Waals surface area contributed by atoms with E-state index in [4.69, 9.17) is 0 Å². The van der Waals surface area contributed by atoms with Crippen LogP contribution in [0.2, 0.25) is 0 Å². The summed E-state index contributed by atoms with van der Waals surface area (Å²) in [4.78, 5) is 0. The highest BCUT2D eigenvalue weighted by Gasteiger charge is 2.23. The lowest BCUT2D eigenvalue weighted by atomic mass is 10.2. The average Bonchev–Trinajstić information content (AvgIpc) is 1.86. The fourth-order valence-corrected chi connectivity index (χ4v) is 1.72. The second-order valence-electron chi connectivity index (χ2n) is 2.01. The van der Waals surface area contributed by atoms with Gasteiger partial charge in [0, 0.05) is 5.56 Å². The van der Waals surface area contributed by atoms with Crippen molar-refractivity contribution in [3.63, 3.8) is 0 Å². The SMILES string of the molecule is Oc1ccccc1C(Br)(Br)Br. The third-order valence-corrected chi connectivity index (χ3v) is 2.49. The second kappa shape index (κ2) is 3.46. The highest BCUT2D eigenvalue weighted by molar-refractivity contribution is 9.38. The Balaban J connectivity index is 3.14. The zero-order chi connectivity index (χ0) is 8.48. The van der Waals surface area contributed by atoms with Crippen LogP contribution in [0.5, 0.6) is 5.75 Å². The van der Waals surface area contributed by atoms with E-state index in [1.807, 2.05) is 12.1 Å². The van der Waals surface area contributed by atoms with Gasteiger partial charge in [-0.05, 0) is 6.07 Å². The topological polar surface area (TPSA) is 20.2 Å². The molecule has 0 spiro atoms. The number of halogens is 3. The van der Waals surface area contributed by atoms with Crippen LogP contribution in [0.25, 0.3) is 0 Å². The Morgan fingerprint density at radius 3 is 2.00 bits per heavy atom. The molecule has 0 aliphatic carbocycles. The van der Waals surface area contributed by atoms with Crippen molar-refractivity contribution in [1.82, 2.24) is 0 Å². The van der Waals surface area contributed by atoms with E-state index in [1.54, 1.807) is 12.1 Å². The first-order valence-corrected chi connectivity index (χ1v) is 5.25. The van der Waals surface area contributed by atoms with Gasteiger partial charge in [0.15, 0.2) is 2.14 Å². The Hall–Kier alpha value is 0.460. The molecule has 0 saturated carbocycles. The molecule has 0 amide bonds. The Labute approximate surface area is 90.2 Å². The predicted octanol–water partition coefficient (Wildman–Crippen LogP) is 3.69. The van der Waals surface area contributed by atoms with E-state index < -0.39 is 2.14 Å². The monoisotopic (exact) mass is 342 g/mol. The lowest BCUT2D eigenvalue weighted by Gasteiger charge is -2.13. The molecule has 0 fully saturated rings.